The molecule has 164 valence electrons. The van der Waals surface area contributed by atoms with Crippen LogP contribution in [0.1, 0.15) is 40.0 Å². The first-order valence-electron chi connectivity index (χ1n) is 9.93. The number of ether oxygens (including phenoxy) is 1. The van der Waals surface area contributed by atoms with Gasteiger partial charge in [0.2, 0.25) is 0 Å². The van der Waals surface area contributed by atoms with E-state index in [9.17, 15) is 4.79 Å². The van der Waals surface area contributed by atoms with E-state index in [0.717, 1.165) is 15.7 Å². The quantitative estimate of drug-likeness (QED) is 0.390. The van der Waals surface area contributed by atoms with E-state index in [0.29, 0.717) is 33.3 Å². The minimum absolute atomic E-state index is 0.0123. The summed E-state index contributed by atoms with van der Waals surface area (Å²) in [4.78, 5) is 13.2. The van der Waals surface area contributed by atoms with Gasteiger partial charge in [-0.05, 0) is 35.9 Å². The molecule has 0 saturated carbocycles. The third-order valence-corrected chi connectivity index (χ3v) is 6.66. The van der Waals surface area contributed by atoms with Crippen LogP contribution in [0, 0.1) is 0 Å². The number of nitrogens with zero attached hydrogens (tertiary/aromatic N) is 1. The lowest BCUT2D eigenvalue weighted by Gasteiger charge is -2.22. The molecule has 0 radical (unpaired) electrons. The lowest BCUT2D eigenvalue weighted by atomic mass is 9.95. The van der Waals surface area contributed by atoms with Crippen molar-refractivity contribution >= 4 is 50.8 Å². The number of nitrogens with one attached hydrogen (secondary N) is 2. The summed E-state index contributed by atoms with van der Waals surface area (Å²) in [5.41, 5.74) is 6.14. The Morgan fingerprint density at radius 3 is 2.62 bits per heavy atom. The van der Waals surface area contributed by atoms with Crippen LogP contribution in [-0.2, 0) is 0 Å². The molecule has 2 atom stereocenters. The molecule has 0 saturated heterocycles. The van der Waals surface area contributed by atoms with Crippen molar-refractivity contribution in [3.8, 4) is 5.75 Å². The highest BCUT2D eigenvalue weighted by atomic mass is 79.9. The maximum Gasteiger partial charge on any atom is 0.255 e. The highest BCUT2D eigenvalue weighted by Gasteiger charge is 2.31. The summed E-state index contributed by atoms with van der Waals surface area (Å²) in [6.07, 6.45) is 0.599. The summed E-state index contributed by atoms with van der Waals surface area (Å²) >= 11 is 16.3. The molecule has 5 nitrogen and oxygen atoms in total. The third-order valence-electron chi connectivity index (χ3n) is 5.30. The van der Waals surface area contributed by atoms with Gasteiger partial charge in [0.05, 0.1) is 40.5 Å². The van der Waals surface area contributed by atoms with E-state index in [1.165, 1.54) is 7.11 Å². The minimum atomic E-state index is -0.563. The fourth-order valence-corrected chi connectivity index (χ4v) is 4.34. The van der Waals surface area contributed by atoms with Crippen LogP contribution in [-0.4, -0.2) is 18.7 Å². The van der Waals surface area contributed by atoms with Crippen molar-refractivity contribution in [2.24, 2.45) is 5.10 Å². The number of hydrogen-bond acceptors (Lipinski definition) is 4. The molecule has 0 fully saturated rings. The fraction of sp³-hybridized carbons (Fsp3) is 0.167. The smallest absolute Gasteiger partial charge is 0.255 e. The number of hydrazone groups is 1. The number of benzene rings is 3. The van der Waals surface area contributed by atoms with Gasteiger partial charge < -0.3 is 15.5 Å². The summed E-state index contributed by atoms with van der Waals surface area (Å²) in [7, 11) is 1.53. The summed E-state index contributed by atoms with van der Waals surface area (Å²) < 4.78 is 6.36. The van der Waals surface area contributed by atoms with Crippen molar-refractivity contribution in [2.45, 2.75) is 18.5 Å². The number of rotatable bonds is 6. The molecule has 0 bridgehead atoms. The highest BCUT2D eigenvalue weighted by Crippen LogP contribution is 2.35. The zero-order chi connectivity index (χ0) is 22.7. The predicted octanol–water partition coefficient (Wildman–Crippen LogP) is 6.33. The molecule has 3 aromatic carbocycles. The van der Waals surface area contributed by atoms with Gasteiger partial charge >= 0.3 is 0 Å². The van der Waals surface area contributed by atoms with Crippen molar-refractivity contribution in [1.29, 1.82) is 0 Å². The van der Waals surface area contributed by atoms with Gasteiger partial charge in [0.15, 0.2) is 0 Å². The molecule has 1 aliphatic heterocycles. The summed E-state index contributed by atoms with van der Waals surface area (Å²) in [5.74, 6) is 0.193. The van der Waals surface area contributed by atoms with Crippen LogP contribution in [0.2, 0.25) is 10.0 Å². The second-order valence-electron chi connectivity index (χ2n) is 7.29. The van der Waals surface area contributed by atoms with Crippen LogP contribution in [0.25, 0.3) is 0 Å². The number of amides is 1. The van der Waals surface area contributed by atoms with Crippen molar-refractivity contribution in [2.75, 3.05) is 7.11 Å². The second kappa shape index (κ2) is 9.94. The van der Waals surface area contributed by atoms with Crippen LogP contribution in [0.15, 0.2) is 76.3 Å². The van der Waals surface area contributed by atoms with Crippen molar-refractivity contribution < 1.29 is 9.53 Å². The zero-order valence-electron chi connectivity index (χ0n) is 17.1. The maximum absolute atomic E-state index is 13.2. The number of halogens is 3. The van der Waals surface area contributed by atoms with E-state index < -0.39 is 6.04 Å². The van der Waals surface area contributed by atoms with Crippen molar-refractivity contribution in [3.63, 3.8) is 0 Å². The van der Waals surface area contributed by atoms with Gasteiger partial charge in [0.1, 0.15) is 5.75 Å². The molecule has 2 unspecified atom stereocenters. The molecule has 0 spiro atoms. The Labute approximate surface area is 204 Å². The van der Waals surface area contributed by atoms with Crippen LogP contribution >= 0.6 is 39.1 Å². The van der Waals surface area contributed by atoms with E-state index in [1.54, 1.807) is 30.3 Å². The van der Waals surface area contributed by atoms with Crippen LogP contribution in [0.5, 0.6) is 5.75 Å². The number of para-hydroxylation sites is 1. The van der Waals surface area contributed by atoms with Gasteiger partial charge in [0, 0.05) is 16.5 Å². The van der Waals surface area contributed by atoms with Gasteiger partial charge in [-0.3, -0.25) is 4.79 Å². The fourth-order valence-electron chi connectivity index (χ4n) is 3.66. The Hall–Kier alpha value is -2.54. The normalized spacial score (nSPS) is 16.1. The van der Waals surface area contributed by atoms with Gasteiger partial charge in [-0.25, -0.2) is 0 Å². The van der Waals surface area contributed by atoms with Crippen LogP contribution in [0.3, 0.4) is 0 Å². The largest absolute Gasteiger partial charge is 0.496 e. The molecule has 1 heterocycles. The van der Waals surface area contributed by atoms with Gasteiger partial charge in [-0.15, -0.1) is 0 Å². The number of methoxy groups -OCH3 is 1. The average Bonchev–Trinajstić information content (AvgIpc) is 3.30. The molecule has 32 heavy (non-hydrogen) atoms. The molecule has 1 aliphatic rings. The molecule has 0 aromatic heterocycles. The molecular formula is C24H20BrCl2N3O2. The lowest BCUT2D eigenvalue weighted by molar-refractivity contribution is 0.0943. The molecule has 4 rings (SSSR count). The Morgan fingerprint density at radius 2 is 1.88 bits per heavy atom. The summed E-state index contributed by atoms with van der Waals surface area (Å²) in [5, 5.41) is 8.43. The maximum atomic E-state index is 13.2. The SMILES string of the molecule is COc1ccccc1C(=O)NC(C1=NNC(c2ccc(Br)cc2)C1)c1cccc(Cl)c1Cl. The molecule has 1 amide bonds. The standard InChI is InChI=1S/C24H20BrCl2N3O2/c1-32-21-8-3-2-5-16(21)24(31)28-23(17-6-4-7-18(26)22(17)27)20-13-19(29-30-20)14-9-11-15(25)12-10-14/h2-12,19,23,29H,13H2,1H3,(H,28,31). The first-order chi connectivity index (χ1) is 15.5. The topological polar surface area (TPSA) is 62.7 Å². The predicted molar refractivity (Wildman–Crippen MR) is 132 cm³/mol. The summed E-state index contributed by atoms with van der Waals surface area (Å²) in [6, 6.07) is 19.9. The molecule has 2 N–H and O–H groups in total. The minimum Gasteiger partial charge on any atom is -0.496 e. The Bertz CT molecular complexity index is 1170. The monoisotopic (exact) mass is 531 g/mol. The van der Waals surface area contributed by atoms with E-state index in [2.05, 4.69) is 31.8 Å². The molecule has 8 heteroatoms. The molecular weight excluding hydrogens is 513 g/mol. The lowest BCUT2D eigenvalue weighted by Crippen LogP contribution is -2.34. The van der Waals surface area contributed by atoms with Gasteiger partial charge in [-0.1, -0.05) is 75.5 Å². The number of hydrogen-bond donors (Lipinski definition) is 2. The first-order valence-corrected chi connectivity index (χ1v) is 11.5. The van der Waals surface area contributed by atoms with E-state index >= 15 is 0 Å². The van der Waals surface area contributed by atoms with E-state index in [-0.39, 0.29) is 11.9 Å². The molecule has 3 aromatic rings. The van der Waals surface area contributed by atoms with Gasteiger partial charge in [0.25, 0.3) is 5.91 Å². The Kier molecular flexibility index (Phi) is 7.04. The molecule has 0 aliphatic carbocycles. The summed E-state index contributed by atoms with van der Waals surface area (Å²) in [6.45, 7) is 0. The van der Waals surface area contributed by atoms with Crippen LogP contribution in [0.4, 0.5) is 0 Å². The highest BCUT2D eigenvalue weighted by molar-refractivity contribution is 9.10. The van der Waals surface area contributed by atoms with E-state index in [1.807, 2.05) is 36.4 Å². The van der Waals surface area contributed by atoms with Gasteiger partial charge in [-0.2, -0.15) is 5.10 Å². The number of carbonyl (C=O) groups excluding carboxylic acids is 1. The zero-order valence-corrected chi connectivity index (χ0v) is 20.2. The van der Waals surface area contributed by atoms with Crippen LogP contribution < -0.4 is 15.5 Å². The first kappa shape index (κ1) is 22.6. The number of carbonyl (C=O) groups is 1. The third kappa shape index (κ3) is 4.77. The second-order valence-corrected chi connectivity index (χ2v) is 8.99. The Balaban J connectivity index is 1.65. The Morgan fingerprint density at radius 1 is 1.12 bits per heavy atom. The van der Waals surface area contributed by atoms with Crippen molar-refractivity contribution in [1.82, 2.24) is 10.7 Å². The average molecular weight is 533 g/mol. The van der Waals surface area contributed by atoms with Crippen molar-refractivity contribution in [3.05, 3.63) is 97.9 Å². The van der Waals surface area contributed by atoms with E-state index in [4.69, 9.17) is 27.9 Å².